The van der Waals surface area contributed by atoms with Gasteiger partial charge < -0.3 is 5.11 Å². The lowest BCUT2D eigenvalue weighted by Crippen LogP contribution is -2.06. The van der Waals surface area contributed by atoms with Gasteiger partial charge in [0.15, 0.2) is 0 Å². The quantitative estimate of drug-likeness (QED) is 0.459. The first-order chi connectivity index (χ1) is 7.45. The molecule has 0 aliphatic rings. The van der Waals surface area contributed by atoms with E-state index in [4.69, 9.17) is 5.11 Å². The first kappa shape index (κ1) is 15.3. The zero-order chi connectivity index (χ0) is 12.4. The van der Waals surface area contributed by atoms with Crippen LogP contribution in [-0.2, 0) is 0 Å². The van der Waals surface area contributed by atoms with Crippen LogP contribution in [0.2, 0.25) is 0 Å². The van der Waals surface area contributed by atoms with Crippen molar-refractivity contribution in [1.82, 2.24) is 0 Å². The summed E-state index contributed by atoms with van der Waals surface area (Å²) >= 11 is 0. The number of hydrogen-bond acceptors (Lipinski definition) is 1. The minimum Gasteiger partial charge on any atom is -0.516 e. The Balaban J connectivity index is 3.16. The highest BCUT2D eigenvalue weighted by Gasteiger charge is 2.25. The number of unbranched alkanes of at least 4 members (excludes halogenated alkanes) is 5. The average Bonchev–Trinajstić information content (AvgIpc) is 2.20. The Morgan fingerprint density at radius 2 is 1.50 bits per heavy atom. The van der Waals surface area contributed by atoms with Crippen LogP contribution in [0.3, 0.4) is 0 Å². The predicted molar refractivity (Wildman–Crippen MR) is 59.4 cm³/mol. The Morgan fingerprint density at radius 3 is 2.00 bits per heavy atom. The van der Waals surface area contributed by atoms with Crippen LogP contribution in [0, 0.1) is 0 Å². The van der Waals surface area contributed by atoms with Crippen LogP contribution < -0.4 is 0 Å². The summed E-state index contributed by atoms with van der Waals surface area (Å²) in [5.74, 6) is 0. The highest BCUT2D eigenvalue weighted by Crippen LogP contribution is 2.23. The average molecular weight is 238 g/mol. The summed E-state index contributed by atoms with van der Waals surface area (Å²) in [5.41, 5.74) is 0.956. The van der Waals surface area contributed by atoms with Crippen molar-refractivity contribution in [3.63, 3.8) is 0 Å². The van der Waals surface area contributed by atoms with E-state index in [1.165, 1.54) is 0 Å². The zero-order valence-corrected chi connectivity index (χ0v) is 9.82. The van der Waals surface area contributed by atoms with Gasteiger partial charge in [0.25, 0.3) is 0 Å². The van der Waals surface area contributed by atoms with E-state index in [2.05, 4.69) is 0 Å². The smallest absolute Gasteiger partial charge is 0.389 e. The van der Waals surface area contributed by atoms with Crippen molar-refractivity contribution in [2.45, 2.75) is 64.5 Å². The van der Waals surface area contributed by atoms with E-state index in [0.29, 0.717) is 6.42 Å². The third-order valence-corrected chi connectivity index (χ3v) is 2.50. The molecule has 0 rings (SSSR count). The molecule has 0 aliphatic carbocycles. The highest BCUT2D eigenvalue weighted by atomic mass is 19.4. The summed E-state index contributed by atoms with van der Waals surface area (Å²) in [4.78, 5) is 0. The third-order valence-electron chi connectivity index (χ3n) is 2.50. The van der Waals surface area contributed by atoms with Crippen molar-refractivity contribution >= 4 is 0 Å². The number of aliphatic hydroxyl groups excluding tert-OH is 1. The van der Waals surface area contributed by atoms with E-state index in [0.717, 1.165) is 43.9 Å². The van der Waals surface area contributed by atoms with Gasteiger partial charge in [-0.15, -0.1) is 0 Å². The topological polar surface area (TPSA) is 20.2 Å². The van der Waals surface area contributed by atoms with Crippen LogP contribution in [0.5, 0.6) is 0 Å². The molecule has 0 fully saturated rings. The molecule has 0 aromatic carbocycles. The molecule has 0 amide bonds. The van der Waals surface area contributed by atoms with Gasteiger partial charge in [-0.25, -0.2) is 0 Å². The van der Waals surface area contributed by atoms with Gasteiger partial charge in [0.05, 0.1) is 6.26 Å². The molecule has 0 saturated heterocycles. The van der Waals surface area contributed by atoms with E-state index < -0.39 is 12.6 Å². The molecule has 16 heavy (non-hydrogen) atoms. The third kappa shape index (κ3) is 11.4. The van der Waals surface area contributed by atoms with Crippen molar-refractivity contribution in [2.75, 3.05) is 0 Å². The number of halogens is 3. The van der Waals surface area contributed by atoms with Crippen molar-refractivity contribution < 1.29 is 18.3 Å². The predicted octanol–water partition coefficient (Wildman–Crippen LogP) is 5.13. The lowest BCUT2D eigenvalue weighted by atomic mass is 10.1. The largest absolute Gasteiger partial charge is 0.516 e. The number of aliphatic hydroxyl groups is 1. The fraction of sp³-hybridized carbons (Fsp3) is 0.833. The molecule has 0 atom stereocenters. The molecular weight excluding hydrogens is 217 g/mol. The van der Waals surface area contributed by atoms with E-state index in [1.807, 2.05) is 6.92 Å². The molecule has 0 saturated carbocycles. The zero-order valence-electron chi connectivity index (χ0n) is 9.82. The summed E-state index contributed by atoms with van der Waals surface area (Å²) < 4.78 is 35.4. The minimum absolute atomic E-state index is 0.249. The summed E-state index contributed by atoms with van der Waals surface area (Å²) in [5, 5.41) is 8.62. The second-order valence-corrected chi connectivity index (χ2v) is 4.21. The standard InChI is InChI=1S/C12H21F3O/c1-11(10-16)8-6-4-2-3-5-7-9-12(13,14)15/h10,16H,2-9H2,1H3. The van der Waals surface area contributed by atoms with Gasteiger partial charge in [0.2, 0.25) is 0 Å². The fourth-order valence-electron chi connectivity index (χ4n) is 1.50. The monoisotopic (exact) mass is 238 g/mol. The summed E-state index contributed by atoms with van der Waals surface area (Å²) in [6.07, 6.45) is 2.13. The molecule has 0 aliphatic heterocycles. The molecule has 1 nitrogen and oxygen atoms in total. The molecule has 0 spiro atoms. The Labute approximate surface area is 95.4 Å². The van der Waals surface area contributed by atoms with Crippen LogP contribution in [0.15, 0.2) is 11.8 Å². The van der Waals surface area contributed by atoms with Gasteiger partial charge >= 0.3 is 6.18 Å². The maximum atomic E-state index is 11.8. The van der Waals surface area contributed by atoms with E-state index in [9.17, 15) is 13.2 Å². The van der Waals surface area contributed by atoms with Gasteiger partial charge in [0, 0.05) is 6.42 Å². The molecule has 1 N–H and O–H groups in total. The van der Waals surface area contributed by atoms with Gasteiger partial charge in [-0.3, -0.25) is 0 Å². The van der Waals surface area contributed by atoms with Crippen molar-refractivity contribution in [3.05, 3.63) is 11.8 Å². The van der Waals surface area contributed by atoms with E-state index in [1.54, 1.807) is 0 Å². The molecule has 0 bridgehead atoms. The lowest BCUT2D eigenvalue weighted by molar-refractivity contribution is -0.135. The number of allylic oxidation sites excluding steroid dienone is 1. The summed E-state index contributed by atoms with van der Waals surface area (Å²) in [6.45, 7) is 1.86. The Morgan fingerprint density at radius 1 is 1.00 bits per heavy atom. The Bertz CT molecular complexity index is 197. The van der Waals surface area contributed by atoms with Crippen LogP contribution in [0.25, 0.3) is 0 Å². The summed E-state index contributed by atoms with van der Waals surface area (Å²) in [7, 11) is 0. The molecule has 0 unspecified atom stereocenters. The first-order valence-electron chi connectivity index (χ1n) is 5.82. The van der Waals surface area contributed by atoms with E-state index in [-0.39, 0.29) is 6.42 Å². The normalized spacial score (nSPS) is 13.1. The van der Waals surface area contributed by atoms with Gasteiger partial charge in [0.1, 0.15) is 0 Å². The lowest BCUT2D eigenvalue weighted by Gasteiger charge is -2.05. The molecule has 0 aromatic heterocycles. The van der Waals surface area contributed by atoms with E-state index >= 15 is 0 Å². The minimum atomic E-state index is -4.00. The molecule has 96 valence electrons. The van der Waals surface area contributed by atoms with Crippen LogP contribution in [0.1, 0.15) is 58.3 Å². The Hall–Kier alpha value is -0.670. The Kier molecular flexibility index (Phi) is 8.12. The molecular formula is C12H21F3O. The molecule has 0 radical (unpaired) electrons. The maximum absolute atomic E-state index is 11.8. The molecule has 4 heteroatoms. The van der Waals surface area contributed by atoms with Crippen LogP contribution in [-0.4, -0.2) is 11.3 Å². The van der Waals surface area contributed by atoms with Crippen molar-refractivity contribution in [2.24, 2.45) is 0 Å². The second kappa shape index (κ2) is 8.48. The molecule has 0 heterocycles. The first-order valence-corrected chi connectivity index (χ1v) is 5.82. The number of alkyl halides is 3. The fourth-order valence-corrected chi connectivity index (χ4v) is 1.50. The van der Waals surface area contributed by atoms with Gasteiger partial charge in [-0.2, -0.15) is 13.2 Å². The number of rotatable bonds is 8. The number of hydrogen-bond donors (Lipinski definition) is 1. The summed E-state index contributed by atoms with van der Waals surface area (Å²) in [6, 6.07) is 0. The van der Waals surface area contributed by atoms with Crippen molar-refractivity contribution in [3.8, 4) is 0 Å². The van der Waals surface area contributed by atoms with Gasteiger partial charge in [-0.05, 0) is 31.8 Å². The maximum Gasteiger partial charge on any atom is 0.389 e. The van der Waals surface area contributed by atoms with Crippen LogP contribution in [0.4, 0.5) is 13.2 Å². The van der Waals surface area contributed by atoms with Crippen LogP contribution >= 0.6 is 0 Å². The highest BCUT2D eigenvalue weighted by molar-refractivity contribution is 4.91. The van der Waals surface area contributed by atoms with Gasteiger partial charge in [-0.1, -0.05) is 25.7 Å². The SMILES string of the molecule is CC(=CO)CCCCCCCCC(F)(F)F. The van der Waals surface area contributed by atoms with Crippen molar-refractivity contribution in [1.29, 1.82) is 0 Å². The molecule has 0 aromatic rings. The second-order valence-electron chi connectivity index (χ2n) is 4.21.